The predicted molar refractivity (Wildman–Crippen MR) is 60.0 cm³/mol. The van der Waals surface area contributed by atoms with Gasteiger partial charge in [0.05, 0.1) is 6.61 Å². The van der Waals surface area contributed by atoms with Gasteiger partial charge in [0.25, 0.3) is 0 Å². The lowest BCUT2D eigenvalue weighted by Crippen LogP contribution is -2.24. The van der Waals surface area contributed by atoms with E-state index < -0.39 is 0 Å². The molecular weight excluding hydrogens is 175 g/mol. The zero-order valence-corrected chi connectivity index (χ0v) is 9.12. The van der Waals surface area contributed by atoms with Crippen molar-refractivity contribution in [3.8, 4) is 0 Å². The lowest BCUT2D eigenvalue weighted by molar-refractivity contribution is 0.180. The van der Waals surface area contributed by atoms with Crippen LogP contribution in [-0.2, 0) is 9.31 Å². The van der Waals surface area contributed by atoms with E-state index in [0.717, 1.165) is 5.47 Å². The maximum Gasteiger partial charge on any atom is 0.494 e. The second-order valence-corrected chi connectivity index (χ2v) is 3.66. The monoisotopic (exact) mass is 192 g/mol. The molecule has 0 unspecified atom stereocenters. The maximum absolute atomic E-state index is 5.63. The fraction of sp³-hybridized carbons (Fsp3) is 0.455. The number of hydrogen-bond donors (Lipinski definition) is 0. The van der Waals surface area contributed by atoms with Gasteiger partial charge in [0.15, 0.2) is 0 Å². The van der Waals surface area contributed by atoms with Crippen molar-refractivity contribution in [2.75, 3.05) is 6.61 Å². The molecule has 0 aromatic heterocycles. The Morgan fingerprint density at radius 1 is 1.57 bits per heavy atom. The Kier molecular flexibility index (Phi) is 4.17. The van der Waals surface area contributed by atoms with Crippen LogP contribution in [0.5, 0.6) is 0 Å². The third-order valence-electron chi connectivity index (χ3n) is 2.01. The molecule has 1 heterocycles. The summed E-state index contributed by atoms with van der Waals surface area (Å²) in [6.45, 7) is 10.4. The molecule has 2 nitrogen and oxygen atoms in total. The number of rotatable bonds is 4. The van der Waals surface area contributed by atoms with Crippen LogP contribution in [0, 0.1) is 0 Å². The molecule has 1 rings (SSSR count). The smallest absolute Gasteiger partial charge is 0.405 e. The Balaban J connectivity index is 2.70. The van der Waals surface area contributed by atoms with Crippen LogP contribution < -0.4 is 0 Å². The number of allylic oxidation sites excluding steroid dienone is 4. The molecule has 0 atom stereocenters. The van der Waals surface area contributed by atoms with Crippen molar-refractivity contribution in [1.29, 1.82) is 0 Å². The van der Waals surface area contributed by atoms with E-state index in [4.69, 9.17) is 9.31 Å². The van der Waals surface area contributed by atoms with Gasteiger partial charge in [0.2, 0.25) is 0 Å². The first kappa shape index (κ1) is 11.3. The average Bonchev–Trinajstić information content (AvgIpc) is 2.44. The minimum atomic E-state index is -0.203. The van der Waals surface area contributed by atoms with Crippen LogP contribution in [0.25, 0.3) is 0 Å². The largest absolute Gasteiger partial charge is 0.494 e. The molecule has 14 heavy (non-hydrogen) atoms. The van der Waals surface area contributed by atoms with E-state index in [1.807, 2.05) is 26.0 Å². The Labute approximate surface area is 86.4 Å². The molecule has 0 amide bonds. The predicted octanol–water partition coefficient (Wildman–Crippen LogP) is 2.53. The molecule has 1 aliphatic heterocycles. The molecule has 76 valence electrons. The summed E-state index contributed by atoms with van der Waals surface area (Å²) in [5.41, 5.74) is 2.35. The summed E-state index contributed by atoms with van der Waals surface area (Å²) in [4.78, 5) is 0. The zero-order valence-electron chi connectivity index (χ0n) is 9.12. The van der Waals surface area contributed by atoms with Crippen LogP contribution in [0.3, 0.4) is 0 Å². The standard InChI is InChI=1S/C11H17BO2/c1-5-6-7-11-10(4)8-13-12(11)14-9(2)3/h5-7,9H,1,8H2,2-4H3/b7-6-. The van der Waals surface area contributed by atoms with Gasteiger partial charge < -0.3 is 9.31 Å². The molecule has 3 heteroatoms. The summed E-state index contributed by atoms with van der Waals surface area (Å²) in [7, 11) is -0.203. The zero-order chi connectivity index (χ0) is 10.6. The third kappa shape index (κ3) is 2.86. The Bertz CT molecular complexity index is 266. The fourth-order valence-corrected chi connectivity index (χ4v) is 1.33. The van der Waals surface area contributed by atoms with Gasteiger partial charge in [-0.1, -0.05) is 24.8 Å². The van der Waals surface area contributed by atoms with Crippen LogP contribution in [0.15, 0.2) is 35.9 Å². The highest BCUT2D eigenvalue weighted by molar-refractivity contribution is 6.56. The van der Waals surface area contributed by atoms with Crippen molar-refractivity contribution in [3.63, 3.8) is 0 Å². The van der Waals surface area contributed by atoms with Crippen molar-refractivity contribution >= 4 is 7.12 Å². The van der Waals surface area contributed by atoms with Crippen molar-refractivity contribution in [1.82, 2.24) is 0 Å². The first-order valence-corrected chi connectivity index (χ1v) is 4.91. The van der Waals surface area contributed by atoms with Crippen molar-refractivity contribution in [2.24, 2.45) is 0 Å². The third-order valence-corrected chi connectivity index (χ3v) is 2.01. The van der Waals surface area contributed by atoms with E-state index in [9.17, 15) is 0 Å². The molecule has 0 aromatic rings. The summed E-state index contributed by atoms with van der Waals surface area (Å²) in [6.07, 6.45) is 5.84. The van der Waals surface area contributed by atoms with E-state index in [2.05, 4.69) is 13.5 Å². The molecule has 0 radical (unpaired) electrons. The van der Waals surface area contributed by atoms with Crippen LogP contribution in [0.4, 0.5) is 0 Å². The molecule has 0 aliphatic carbocycles. The summed E-state index contributed by atoms with van der Waals surface area (Å²) in [5.74, 6) is 0. The van der Waals surface area contributed by atoms with Crippen molar-refractivity contribution in [3.05, 3.63) is 35.9 Å². The van der Waals surface area contributed by atoms with Gasteiger partial charge in [0.1, 0.15) is 0 Å². The molecule has 0 fully saturated rings. The van der Waals surface area contributed by atoms with E-state index in [0.29, 0.717) is 6.61 Å². The minimum absolute atomic E-state index is 0.179. The SMILES string of the molecule is C=C/C=C\C1=C(C)COB1OC(C)C. The van der Waals surface area contributed by atoms with E-state index in [1.54, 1.807) is 6.08 Å². The average molecular weight is 192 g/mol. The summed E-state index contributed by atoms with van der Waals surface area (Å²) in [5, 5.41) is 0. The van der Waals surface area contributed by atoms with E-state index in [1.165, 1.54) is 5.57 Å². The van der Waals surface area contributed by atoms with Crippen LogP contribution in [0.1, 0.15) is 20.8 Å². The summed E-state index contributed by atoms with van der Waals surface area (Å²) >= 11 is 0. The number of hydrogen-bond acceptors (Lipinski definition) is 2. The van der Waals surface area contributed by atoms with Crippen molar-refractivity contribution in [2.45, 2.75) is 26.9 Å². The minimum Gasteiger partial charge on any atom is -0.405 e. The van der Waals surface area contributed by atoms with Gasteiger partial charge >= 0.3 is 7.12 Å². The first-order valence-electron chi connectivity index (χ1n) is 4.91. The highest BCUT2D eigenvalue weighted by atomic mass is 16.6. The lowest BCUT2D eigenvalue weighted by atomic mass is 9.77. The first-order chi connectivity index (χ1) is 6.65. The molecule has 0 N–H and O–H groups in total. The lowest BCUT2D eigenvalue weighted by Gasteiger charge is -2.12. The van der Waals surface area contributed by atoms with Gasteiger partial charge in [-0.15, -0.1) is 0 Å². The molecule has 0 aromatic carbocycles. The Morgan fingerprint density at radius 3 is 2.86 bits per heavy atom. The summed E-state index contributed by atoms with van der Waals surface area (Å²) in [6, 6.07) is 0. The van der Waals surface area contributed by atoms with E-state index in [-0.39, 0.29) is 13.2 Å². The molecule has 0 saturated carbocycles. The van der Waals surface area contributed by atoms with Crippen LogP contribution in [-0.4, -0.2) is 19.8 Å². The Morgan fingerprint density at radius 2 is 2.29 bits per heavy atom. The van der Waals surface area contributed by atoms with E-state index >= 15 is 0 Å². The van der Waals surface area contributed by atoms with Crippen molar-refractivity contribution < 1.29 is 9.31 Å². The fourth-order valence-electron chi connectivity index (χ4n) is 1.33. The highest BCUT2D eigenvalue weighted by Gasteiger charge is 2.30. The second-order valence-electron chi connectivity index (χ2n) is 3.66. The Hall–Kier alpha value is -0.795. The van der Waals surface area contributed by atoms with Crippen LogP contribution >= 0.6 is 0 Å². The quantitative estimate of drug-likeness (QED) is 0.503. The molecule has 1 aliphatic rings. The normalized spacial score (nSPS) is 17.6. The van der Waals surface area contributed by atoms with Gasteiger partial charge in [0, 0.05) is 6.10 Å². The highest BCUT2D eigenvalue weighted by Crippen LogP contribution is 2.21. The topological polar surface area (TPSA) is 18.5 Å². The van der Waals surface area contributed by atoms with Gasteiger partial charge in [-0.25, -0.2) is 0 Å². The molecule has 0 bridgehead atoms. The molecule has 0 saturated heterocycles. The van der Waals surface area contributed by atoms with Gasteiger partial charge in [-0.05, 0) is 31.8 Å². The van der Waals surface area contributed by atoms with Gasteiger partial charge in [-0.2, -0.15) is 0 Å². The maximum atomic E-state index is 5.63. The van der Waals surface area contributed by atoms with Crippen LogP contribution in [0.2, 0.25) is 0 Å². The second kappa shape index (κ2) is 5.18. The van der Waals surface area contributed by atoms with Gasteiger partial charge in [-0.3, -0.25) is 0 Å². The summed E-state index contributed by atoms with van der Waals surface area (Å²) < 4.78 is 11.1. The molecular formula is C11H17BO2. The molecule has 0 spiro atoms.